The molecule has 140 valence electrons. The van der Waals surface area contributed by atoms with Gasteiger partial charge < -0.3 is 10.1 Å². The van der Waals surface area contributed by atoms with E-state index in [-0.39, 0.29) is 17.9 Å². The number of carbonyl (C=O) groups is 2. The highest BCUT2D eigenvalue weighted by Crippen LogP contribution is 2.28. The molecule has 1 saturated carbocycles. The van der Waals surface area contributed by atoms with Crippen molar-refractivity contribution in [3.63, 3.8) is 0 Å². The van der Waals surface area contributed by atoms with Gasteiger partial charge in [-0.15, -0.1) is 0 Å². The average molecular weight is 379 g/mol. The molecule has 0 aromatic heterocycles. The number of hydrogen-bond acceptors (Lipinski definition) is 6. The Morgan fingerprint density at radius 3 is 2.46 bits per heavy atom. The Hall–Kier alpha value is -2.44. The van der Waals surface area contributed by atoms with Gasteiger partial charge in [-0.1, -0.05) is 18.2 Å². The van der Waals surface area contributed by atoms with E-state index in [1.54, 1.807) is 18.2 Å². The van der Waals surface area contributed by atoms with Gasteiger partial charge in [-0.25, -0.2) is 13.1 Å². The van der Waals surface area contributed by atoms with E-state index >= 15 is 0 Å². The first-order valence-electron chi connectivity index (χ1n) is 8.29. The minimum absolute atomic E-state index is 0.103. The standard InChI is InChI=1S/C17H21N3O5S/c18-13-17(9-4-5-10-17)20-15(21)12-25-16(22)8-11-19-26(23,24)14-6-2-1-3-7-14/h1-3,6-7,19H,4-5,8-12H2,(H,20,21). The van der Waals surface area contributed by atoms with Crippen molar-refractivity contribution < 1.29 is 22.7 Å². The maximum absolute atomic E-state index is 12.0. The lowest BCUT2D eigenvalue weighted by Crippen LogP contribution is -2.46. The van der Waals surface area contributed by atoms with E-state index in [1.165, 1.54) is 12.1 Å². The molecule has 0 heterocycles. The van der Waals surface area contributed by atoms with Crippen LogP contribution < -0.4 is 10.0 Å². The van der Waals surface area contributed by atoms with Crippen molar-refractivity contribution >= 4 is 21.9 Å². The molecule has 1 fully saturated rings. The summed E-state index contributed by atoms with van der Waals surface area (Å²) >= 11 is 0. The zero-order valence-corrected chi connectivity index (χ0v) is 15.0. The van der Waals surface area contributed by atoms with E-state index in [9.17, 15) is 23.3 Å². The molecule has 1 aromatic rings. The third-order valence-corrected chi connectivity index (χ3v) is 5.57. The van der Waals surface area contributed by atoms with Gasteiger partial charge in [-0.2, -0.15) is 5.26 Å². The van der Waals surface area contributed by atoms with Crippen LogP contribution in [-0.4, -0.2) is 39.0 Å². The Labute approximate surface area is 152 Å². The Morgan fingerprint density at radius 2 is 1.85 bits per heavy atom. The van der Waals surface area contributed by atoms with Crippen LogP contribution >= 0.6 is 0 Å². The smallest absolute Gasteiger partial charge is 0.307 e. The van der Waals surface area contributed by atoms with Crippen molar-refractivity contribution in [1.82, 2.24) is 10.0 Å². The van der Waals surface area contributed by atoms with Gasteiger partial charge in [0, 0.05) is 6.54 Å². The van der Waals surface area contributed by atoms with E-state index in [0.717, 1.165) is 12.8 Å². The second-order valence-electron chi connectivity index (χ2n) is 6.07. The molecule has 0 atom stereocenters. The molecule has 2 rings (SSSR count). The Kier molecular flexibility index (Phi) is 6.71. The van der Waals surface area contributed by atoms with Crippen molar-refractivity contribution in [2.24, 2.45) is 0 Å². The van der Waals surface area contributed by atoms with Crippen LogP contribution in [0.25, 0.3) is 0 Å². The summed E-state index contributed by atoms with van der Waals surface area (Å²) in [6.45, 7) is -0.631. The molecule has 0 saturated heterocycles. The molecule has 1 aromatic carbocycles. The predicted octanol–water partition coefficient (Wildman–Crippen LogP) is 0.851. The first-order chi connectivity index (χ1) is 12.4. The fourth-order valence-corrected chi connectivity index (χ4v) is 3.79. The number of hydrogen-bond donors (Lipinski definition) is 2. The molecule has 0 radical (unpaired) electrons. The molecule has 1 aliphatic rings. The van der Waals surface area contributed by atoms with Gasteiger partial charge in [-0.05, 0) is 37.8 Å². The highest BCUT2D eigenvalue weighted by Gasteiger charge is 2.35. The Bertz CT molecular complexity index is 780. The number of esters is 1. The molecule has 8 nitrogen and oxygen atoms in total. The molecule has 0 unspecified atom stereocenters. The SMILES string of the molecule is N#CC1(NC(=O)COC(=O)CCNS(=O)(=O)c2ccccc2)CCCC1. The van der Waals surface area contributed by atoms with Crippen LogP contribution in [0, 0.1) is 11.3 Å². The monoisotopic (exact) mass is 379 g/mol. The average Bonchev–Trinajstić information content (AvgIpc) is 3.09. The van der Waals surface area contributed by atoms with Crippen molar-refractivity contribution in [2.45, 2.75) is 42.5 Å². The van der Waals surface area contributed by atoms with Crippen molar-refractivity contribution in [2.75, 3.05) is 13.2 Å². The number of rotatable bonds is 8. The molecular weight excluding hydrogens is 358 g/mol. The second-order valence-corrected chi connectivity index (χ2v) is 7.84. The zero-order valence-electron chi connectivity index (χ0n) is 14.2. The number of ether oxygens (including phenoxy) is 1. The van der Waals surface area contributed by atoms with Crippen LogP contribution in [0.1, 0.15) is 32.1 Å². The molecule has 0 spiro atoms. The molecule has 9 heteroatoms. The summed E-state index contributed by atoms with van der Waals surface area (Å²) in [7, 11) is -3.69. The largest absolute Gasteiger partial charge is 0.456 e. The predicted molar refractivity (Wildman–Crippen MR) is 92.2 cm³/mol. The number of nitrogens with zero attached hydrogens (tertiary/aromatic N) is 1. The molecular formula is C17H21N3O5S. The van der Waals surface area contributed by atoms with Crippen molar-refractivity contribution in [3.05, 3.63) is 30.3 Å². The summed E-state index contributed by atoms with van der Waals surface area (Å²) in [6, 6.07) is 9.89. The first-order valence-corrected chi connectivity index (χ1v) is 9.78. The van der Waals surface area contributed by atoms with E-state index in [0.29, 0.717) is 12.8 Å². The summed E-state index contributed by atoms with van der Waals surface area (Å²) in [5.41, 5.74) is -0.866. The molecule has 26 heavy (non-hydrogen) atoms. The minimum Gasteiger partial charge on any atom is -0.456 e. The van der Waals surface area contributed by atoms with Crippen molar-refractivity contribution in [3.8, 4) is 6.07 Å². The fourth-order valence-electron chi connectivity index (χ4n) is 2.73. The summed E-state index contributed by atoms with van der Waals surface area (Å²) in [5.74, 6) is -1.24. The van der Waals surface area contributed by atoms with Gasteiger partial charge in [-0.3, -0.25) is 9.59 Å². The maximum atomic E-state index is 12.0. The Balaban J connectivity index is 1.71. The number of sulfonamides is 1. The van der Waals surface area contributed by atoms with E-state index in [1.807, 2.05) is 0 Å². The summed E-state index contributed by atoms with van der Waals surface area (Å²) in [5, 5.41) is 11.8. The molecule has 2 N–H and O–H groups in total. The molecule has 0 aliphatic heterocycles. The number of nitriles is 1. The van der Waals surface area contributed by atoms with E-state index in [2.05, 4.69) is 16.1 Å². The van der Waals surface area contributed by atoms with Crippen molar-refractivity contribution in [1.29, 1.82) is 5.26 Å². The van der Waals surface area contributed by atoms with Gasteiger partial charge in [0.1, 0.15) is 5.54 Å². The molecule has 1 amide bonds. The molecule has 0 bridgehead atoms. The van der Waals surface area contributed by atoms with Gasteiger partial charge in [0.15, 0.2) is 6.61 Å². The third kappa shape index (κ3) is 5.54. The number of amides is 1. The lowest BCUT2D eigenvalue weighted by molar-refractivity contribution is -0.148. The maximum Gasteiger partial charge on any atom is 0.307 e. The third-order valence-electron chi connectivity index (χ3n) is 4.09. The minimum atomic E-state index is -3.69. The summed E-state index contributed by atoms with van der Waals surface area (Å²) in [6.07, 6.45) is 2.71. The fraction of sp³-hybridized carbons (Fsp3) is 0.471. The highest BCUT2D eigenvalue weighted by atomic mass is 32.2. The quantitative estimate of drug-likeness (QED) is 0.645. The zero-order chi connectivity index (χ0) is 19.0. The Morgan fingerprint density at radius 1 is 1.19 bits per heavy atom. The van der Waals surface area contributed by atoms with E-state index < -0.39 is 34.0 Å². The van der Waals surface area contributed by atoms with Gasteiger partial charge >= 0.3 is 5.97 Å². The highest BCUT2D eigenvalue weighted by molar-refractivity contribution is 7.89. The lowest BCUT2D eigenvalue weighted by atomic mass is 10.00. The van der Waals surface area contributed by atoms with Gasteiger partial charge in [0.25, 0.3) is 5.91 Å². The van der Waals surface area contributed by atoms with E-state index in [4.69, 9.17) is 4.74 Å². The number of carbonyl (C=O) groups excluding carboxylic acids is 2. The van der Waals surface area contributed by atoms with Gasteiger partial charge in [0.2, 0.25) is 10.0 Å². The molecule has 1 aliphatic carbocycles. The van der Waals surface area contributed by atoms with Crippen LogP contribution in [0.15, 0.2) is 35.2 Å². The first kappa shape index (κ1) is 19.9. The summed E-state index contributed by atoms with van der Waals surface area (Å²) in [4.78, 5) is 23.6. The van der Waals surface area contributed by atoms with Crippen LogP contribution in [0.4, 0.5) is 0 Å². The van der Waals surface area contributed by atoms with Crippen LogP contribution in [0.2, 0.25) is 0 Å². The number of benzene rings is 1. The van der Waals surface area contributed by atoms with Crippen LogP contribution in [0.5, 0.6) is 0 Å². The summed E-state index contributed by atoms with van der Waals surface area (Å²) < 4.78 is 31.1. The van der Waals surface area contributed by atoms with Crippen LogP contribution in [0.3, 0.4) is 0 Å². The lowest BCUT2D eigenvalue weighted by Gasteiger charge is -2.21. The normalized spacial score (nSPS) is 15.8. The topological polar surface area (TPSA) is 125 Å². The second kappa shape index (κ2) is 8.78. The van der Waals surface area contributed by atoms with Gasteiger partial charge in [0.05, 0.1) is 17.4 Å². The number of nitrogens with one attached hydrogen (secondary N) is 2. The van der Waals surface area contributed by atoms with Crippen LogP contribution in [-0.2, 0) is 24.3 Å².